The van der Waals surface area contributed by atoms with Crippen LogP contribution in [0.4, 0.5) is 0 Å². The lowest BCUT2D eigenvalue weighted by Crippen LogP contribution is -2.18. The van der Waals surface area contributed by atoms with Gasteiger partial charge in [0.25, 0.3) is 0 Å². The highest BCUT2D eigenvalue weighted by Crippen LogP contribution is 2.39. The summed E-state index contributed by atoms with van der Waals surface area (Å²) in [4.78, 5) is 12.1. The summed E-state index contributed by atoms with van der Waals surface area (Å²) in [7, 11) is 0. The molecule has 0 bridgehead atoms. The molecule has 1 aromatic carbocycles. The van der Waals surface area contributed by atoms with Gasteiger partial charge in [0.2, 0.25) is 0 Å². The van der Waals surface area contributed by atoms with Crippen LogP contribution < -0.4 is 0 Å². The number of benzene rings is 1. The summed E-state index contributed by atoms with van der Waals surface area (Å²) >= 11 is 0. The second-order valence-corrected chi connectivity index (χ2v) is 9.64. The van der Waals surface area contributed by atoms with Gasteiger partial charge in [0.05, 0.1) is 6.42 Å². The van der Waals surface area contributed by atoms with Crippen molar-refractivity contribution >= 4 is 5.97 Å². The number of carbonyl (C=O) groups excluding carboxylic acids is 1. The number of terminal acetylenes is 1. The average Bonchev–Trinajstić information content (AvgIpc) is 2.83. The maximum Gasteiger partial charge on any atom is 0.320 e. The number of ether oxygens (including phenoxy) is 1. The van der Waals surface area contributed by atoms with Crippen molar-refractivity contribution < 1.29 is 14.6 Å². The van der Waals surface area contributed by atoms with E-state index in [1.807, 2.05) is 53.7 Å². The Morgan fingerprint density at radius 1 is 0.711 bits per heavy atom. The van der Waals surface area contributed by atoms with Crippen molar-refractivity contribution in [1.82, 2.24) is 0 Å². The van der Waals surface area contributed by atoms with E-state index in [4.69, 9.17) is 11.2 Å². The number of hydrogen-bond donors (Lipinski definition) is 1. The van der Waals surface area contributed by atoms with Gasteiger partial charge in [-0.15, -0.1) is 6.42 Å². The second kappa shape index (κ2) is 15.5. The number of esters is 1. The molecule has 0 heterocycles. The third-order valence-electron chi connectivity index (χ3n) is 4.57. The molecule has 0 atom stereocenters. The Bertz CT molecular complexity index is 1580. The van der Waals surface area contributed by atoms with Crippen LogP contribution in [0.1, 0.15) is 64.7 Å². The number of phenols is 1. The van der Waals surface area contributed by atoms with Crippen LogP contribution in [0.2, 0.25) is 0 Å². The van der Waals surface area contributed by atoms with Crippen LogP contribution in [-0.4, -0.2) is 11.1 Å². The zero-order valence-electron chi connectivity index (χ0n) is 22.4. The van der Waals surface area contributed by atoms with E-state index in [2.05, 4.69) is 101 Å². The Kier molecular flexibility index (Phi) is 12.5. The van der Waals surface area contributed by atoms with E-state index in [9.17, 15) is 9.90 Å². The predicted molar refractivity (Wildman–Crippen MR) is 151 cm³/mol. The van der Waals surface area contributed by atoms with E-state index in [1.54, 1.807) is 0 Å². The normalized spacial score (nSPS) is 8.55. The van der Waals surface area contributed by atoms with Crippen molar-refractivity contribution in [2.45, 2.75) is 65.2 Å². The van der Waals surface area contributed by atoms with Gasteiger partial charge in [-0.1, -0.05) is 53.7 Å². The minimum atomic E-state index is -0.466. The minimum Gasteiger partial charge on any atom is -0.507 e. The molecule has 0 aromatic heterocycles. The minimum absolute atomic E-state index is 0.146. The molecule has 0 spiro atoms. The summed E-state index contributed by atoms with van der Waals surface area (Å²) in [6, 6.07) is 3.90. The average molecular weight is 495 g/mol. The molecule has 0 aliphatic rings. The van der Waals surface area contributed by atoms with Crippen molar-refractivity contribution in [3.8, 4) is 113 Å². The highest BCUT2D eigenvalue weighted by atomic mass is 16.5. The molecule has 3 heteroatoms. The first kappa shape index (κ1) is 30.6. The van der Waals surface area contributed by atoms with E-state index in [1.165, 1.54) is 0 Å². The number of hydrogen-bond acceptors (Lipinski definition) is 3. The lowest BCUT2D eigenvalue weighted by Gasteiger charge is -2.28. The van der Waals surface area contributed by atoms with Gasteiger partial charge in [-0.25, -0.2) is 0 Å². The molecule has 0 amide bonds. The molecule has 0 saturated heterocycles. The third-order valence-corrected chi connectivity index (χ3v) is 4.57. The van der Waals surface area contributed by atoms with Gasteiger partial charge in [-0.3, -0.25) is 4.79 Å². The summed E-state index contributed by atoms with van der Waals surface area (Å²) in [5.41, 5.74) is 2.17. The highest BCUT2D eigenvalue weighted by Gasteiger charge is 2.26. The molecule has 0 radical (unpaired) electrons. The maximum atomic E-state index is 12.1. The second-order valence-electron chi connectivity index (χ2n) is 9.64. The van der Waals surface area contributed by atoms with Gasteiger partial charge in [0.15, 0.2) is 0 Å². The van der Waals surface area contributed by atoms with E-state index in [0.29, 0.717) is 12.2 Å². The lowest BCUT2D eigenvalue weighted by atomic mass is 9.78. The lowest BCUT2D eigenvalue weighted by molar-refractivity contribution is -0.136. The SMILES string of the molecule is C#CC#CC#CC#CC#CC#CC#CC#CC#COC(=O)CCc1cc(C(C)(C)C)c(O)c(C(C)(C)C)c1. The summed E-state index contributed by atoms with van der Waals surface area (Å²) in [5, 5.41) is 10.8. The molecular formula is C35H26O3. The predicted octanol–water partition coefficient (Wildman–Crippen LogP) is 4.08. The summed E-state index contributed by atoms with van der Waals surface area (Å²) in [5.74, 6) is 38.8. The summed E-state index contributed by atoms with van der Waals surface area (Å²) < 4.78 is 4.92. The van der Waals surface area contributed by atoms with E-state index >= 15 is 0 Å². The number of aromatic hydroxyl groups is 1. The number of aryl methyl sites for hydroxylation is 1. The molecule has 38 heavy (non-hydrogen) atoms. The van der Waals surface area contributed by atoms with Gasteiger partial charge >= 0.3 is 5.97 Å². The molecule has 1 N–H and O–H groups in total. The maximum absolute atomic E-state index is 12.1. The molecule has 0 aliphatic heterocycles. The van der Waals surface area contributed by atoms with Crippen molar-refractivity contribution in [2.24, 2.45) is 0 Å². The molecular weight excluding hydrogens is 468 g/mol. The molecule has 0 aliphatic carbocycles. The zero-order valence-corrected chi connectivity index (χ0v) is 22.4. The molecule has 0 unspecified atom stereocenters. The van der Waals surface area contributed by atoms with Crippen molar-refractivity contribution in [1.29, 1.82) is 0 Å². The van der Waals surface area contributed by atoms with Crippen LogP contribution in [-0.2, 0) is 26.8 Å². The Balaban J connectivity index is 2.66. The van der Waals surface area contributed by atoms with Crippen LogP contribution in [0.25, 0.3) is 0 Å². The first-order chi connectivity index (χ1) is 18.0. The van der Waals surface area contributed by atoms with E-state index in [-0.39, 0.29) is 17.3 Å². The van der Waals surface area contributed by atoms with Crippen LogP contribution in [0, 0.1) is 107 Å². The fraction of sp³-hybridized carbons (Fsp3) is 0.286. The Morgan fingerprint density at radius 3 is 1.45 bits per heavy atom. The number of carbonyl (C=O) groups is 1. The van der Waals surface area contributed by atoms with Crippen molar-refractivity contribution in [3.63, 3.8) is 0 Å². The number of phenolic OH excluding ortho intramolecular Hbond substituents is 1. The molecule has 0 saturated carbocycles. The van der Waals surface area contributed by atoms with Crippen molar-refractivity contribution in [2.75, 3.05) is 0 Å². The molecule has 184 valence electrons. The topological polar surface area (TPSA) is 46.5 Å². The van der Waals surface area contributed by atoms with Gasteiger partial charge in [0, 0.05) is 47.4 Å². The fourth-order valence-corrected chi connectivity index (χ4v) is 2.83. The zero-order chi connectivity index (χ0) is 28.4. The van der Waals surface area contributed by atoms with Crippen LogP contribution in [0.5, 0.6) is 5.75 Å². The summed E-state index contributed by atoms with van der Waals surface area (Å²) in [6.45, 7) is 12.3. The summed E-state index contributed by atoms with van der Waals surface area (Å²) in [6.07, 6.45) is 7.82. The molecule has 0 fully saturated rings. The first-order valence-corrected chi connectivity index (χ1v) is 11.5. The quantitative estimate of drug-likeness (QED) is 0.509. The third kappa shape index (κ3) is 12.3. The van der Waals surface area contributed by atoms with Crippen molar-refractivity contribution in [3.05, 3.63) is 28.8 Å². The Morgan fingerprint density at radius 2 is 1.08 bits per heavy atom. The number of rotatable bonds is 3. The van der Waals surface area contributed by atoms with Gasteiger partial charge < -0.3 is 9.84 Å². The molecule has 1 aromatic rings. The van der Waals surface area contributed by atoms with E-state index in [0.717, 1.165) is 16.7 Å². The van der Waals surface area contributed by atoms with Crippen LogP contribution >= 0.6 is 0 Å². The fourth-order valence-electron chi connectivity index (χ4n) is 2.83. The highest BCUT2D eigenvalue weighted by molar-refractivity contribution is 5.71. The smallest absolute Gasteiger partial charge is 0.320 e. The largest absolute Gasteiger partial charge is 0.507 e. The van der Waals surface area contributed by atoms with Gasteiger partial charge in [-0.2, -0.15) is 0 Å². The monoisotopic (exact) mass is 494 g/mol. The first-order valence-electron chi connectivity index (χ1n) is 11.5. The Labute approximate surface area is 227 Å². The van der Waals surface area contributed by atoms with E-state index < -0.39 is 5.97 Å². The standard InChI is InChI=1S/C35H26O3/c1-8-9-10-11-12-13-14-15-16-17-18-19-20-21-22-23-26-38-32(36)25-24-29-27-30(34(2,3)4)33(37)31(28-29)35(5,6)7/h1,27-28,37H,24-25H2,2-7H3. The van der Waals surface area contributed by atoms with Crippen LogP contribution in [0.3, 0.4) is 0 Å². The molecule has 3 nitrogen and oxygen atoms in total. The van der Waals surface area contributed by atoms with Crippen LogP contribution in [0.15, 0.2) is 12.1 Å². The molecule has 1 rings (SSSR count). The Hall–Kier alpha value is -5.47. The van der Waals surface area contributed by atoms with Gasteiger partial charge in [-0.05, 0) is 81.3 Å². The van der Waals surface area contributed by atoms with Gasteiger partial charge in [0.1, 0.15) is 11.9 Å².